The van der Waals surface area contributed by atoms with E-state index in [1.165, 1.54) is 12.1 Å². The third-order valence-corrected chi connectivity index (χ3v) is 5.00. The summed E-state index contributed by atoms with van der Waals surface area (Å²) in [6.07, 6.45) is 0.627. The minimum atomic E-state index is -3.40. The third kappa shape index (κ3) is 5.46. The van der Waals surface area contributed by atoms with Gasteiger partial charge in [0.1, 0.15) is 0 Å². The molecule has 0 unspecified atom stereocenters. The van der Waals surface area contributed by atoms with Crippen molar-refractivity contribution in [2.45, 2.75) is 31.2 Å². The maximum absolute atomic E-state index is 12.3. The lowest BCUT2D eigenvalue weighted by Crippen LogP contribution is -2.36. The van der Waals surface area contributed by atoms with Crippen LogP contribution in [0.15, 0.2) is 29.2 Å². The highest BCUT2D eigenvalue weighted by Gasteiger charge is 2.18. The van der Waals surface area contributed by atoms with Crippen molar-refractivity contribution in [3.05, 3.63) is 29.8 Å². The molecule has 21 heavy (non-hydrogen) atoms. The Balaban J connectivity index is 2.77. The monoisotopic (exact) mass is 310 g/mol. The zero-order valence-corrected chi connectivity index (χ0v) is 13.3. The number of nitriles is 1. The molecule has 1 rings (SSSR count). The van der Waals surface area contributed by atoms with Crippen LogP contribution in [-0.4, -0.2) is 49.9 Å². The van der Waals surface area contributed by atoms with Crippen molar-refractivity contribution in [3.63, 3.8) is 0 Å². The average Bonchev–Trinajstić information content (AvgIpc) is 2.47. The van der Waals surface area contributed by atoms with Gasteiger partial charge in [0, 0.05) is 25.7 Å². The van der Waals surface area contributed by atoms with Gasteiger partial charge in [-0.05, 0) is 38.5 Å². The van der Waals surface area contributed by atoms with E-state index in [-0.39, 0.29) is 23.3 Å². The molecule has 0 radical (unpaired) electrons. The molecule has 0 aliphatic rings. The van der Waals surface area contributed by atoms with Crippen LogP contribution in [0.4, 0.5) is 0 Å². The maximum atomic E-state index is 12.3. The normalized spacial score (nSPS) is 11.8. The van der Waals surface area contributed by atoms with E-state index in [1.54, 1.807) is 12.1 Å². The van der Waals surface area contributed by atoms with Gasteiger partial charge in [-0.1, -0.05) is 6.07 Å². The fourth-order valence-corrected chi connectivity index (χ4v) is 3.32. The van der Waals surface area contributed by atoms with Crippen molar-refractivity contribution >= 4 is 9.84 Å². The zero-order valence-electron chi connectivity index (χ0n) is 12.5. The van der Waals surface area contributed by atoms with Gasteiger partial charge in [0.05, 0.1) is 22.3 Å². The van der Waals surface area contributed by atoms with Crippen molar-refractivity contribution in [2.24, 2.45) is 0 Å². The first-order valence-electron chi connectivity index (χ1n) is 6.98. The van der Waals surface area contributed by atoms with E-state index in [4.69, 9.17) is 10.4 Å². The van der Waals surface area contributed by atoms with Crippen molar-refractivity contribution < 1.29 is 13.5 Å². The van der Waals surface area contributed by atoms with Crippen molar-refractivity contribution in [2.75, 3.05) is 25.4 Å². The number of hydrogen-bond donors (Lipinski definition) is 1. The summed E-state index contributed by atoms with van der Waals surface area (Å²) >= 11 is 0. The van der Waals surface area contributed by atoms with Gasteiger partial charge in [-0.15, -0.1) is 0 Å². The molecule has 0 spiro atoms. The summed E-state index contributed by atoms with van der Waals surface area (Å²) in [5.74, 6) is 0.00545. The van der Waals surface area contributed by atoms with E-state index in [1.807, 2.05) is 24.8 Å². The molecule has 0 fully saturated rings. The predicted molar refractivity (Wildman–Crippen MR) is 81.6 cm³/mol. The van der Waals surface area contributed by atoms with E-state index in [9.17, 15) is 8.42 Å². The van der Waals surface area contributed by atoms with Gasteiger partial charge in [-0.2, -0.15) is 5.26 Å². The van der Waals surface area contributed by atoms with Gasteiger partial charge in [0.15, 0.2) is 9.84 Å². The summed E-state index contributed by atoms with van der Waals surface area (Å²) in [6, 6.07) is 8.26. The molecule has 0 saturated carbocycles. The summed E-state index contributed by atoms with van der Waals surface area (Å²) in [7, 11) is -3.40. The summed E-state index contributed by atoms with van der Waals surface area (Å²) in [6.45, 7) is 5.18. The largest absolute Gasteiger partial charge is 0.396 e. The maximum Gasteiger partial charge on any atom is 0.179 e. The van der Waals surface area contributed by atoms with E-state index < -0.39 is 9.84 Å². The number of sulfone groups is 1. The molecule has 0 aliphatic carbocycles. The Bertz CT molecular complexity index is 591. The molecule has 116 valence electrons. The van der Waals surface area contributed by atoms with Crippen LogP contribution in [0.1, 0.15) is 25.8 Å². The molecule has 0 amide bonds. The first-order valence-corrected chi connectivity index (χ1v) is 8.63. The number of rotatable bonds is 8. The van der Waals surface area contributed by atoms with Gasteiger partial charge in [-0.25, -0.2) is 8.42 Å². The zero-order chi connectivity index (χ0) is 15.9. The second-order valence-corrected chi connectivity index (χ2v) is 7.27. The summed E-state index contributed by atoms with van der Waals surface area (Å²) < 4.78 is 24.6. The van der Waals surface area contributed by atoms with Crippen LogP contribution in [0.25, 0.3) is 0 Å². The number of aliphatic hydroxyl groups is 1. The summed E-state index contributed by atoms with van der Waals surface area (Å²) in [4.78, 5) is 2.22. The fourth-order valence-electron chi connectivity index (χ4n) is 2.02. The fraction of sp³-hybridized carbons (Fsp3) is 0.533. The standard InChI is InChI=1S/C15H22N2O3S/c1-13(2)17(7-4-9-18)8-10-21(19,20)15-6-3-5-14(11-15)12-16/h3,5-6,11,13,18H,4,7-10H2,1-2H3. The Morgan fingerprint density at radius 1 is 1.33 bits per heavy atom. The van der Waals surface area contributed by atoms with Crippen molar-refractivity contribution in [1.82, 2.24) is 4.90 Å². The smallest absolute Gasteiger partial charge is 0.179 e. The molecule has 5 nitrogen and oxygen atoms in total. The van der Waals surface area contributed by atoms with E-state index in [0.717, 1.165) is 0 Å². The molecular formula is C15H22N2O3S. The molecule has 1 aromatic rings. The Labute approximate surface area is 126 Å². The van der Waals surface area contributed by atoms with Crippen LogP contribution in [-0.2, 0) is 9.84 Å². The minimum Gasteiger partial charge on any atom is -0.396 e. The van der Waals surface area contributed by atoms with E-state index >= 15 is 0 Å². The van der Waals surface area contributed by atoms with Crippen LogP contribution in [0.2, 0.25) is 0 Å². The Kier molecular flexibility index (Phi) is 6.82. The van der Waals surface area contributed by atoms with Crippen LogP contribution in [0.5, 0.6) is 0 Å². The number of hydrogen-bond acceptors (Lipinski definition) is 5. The second kappa shape index (κ2) is 8.13. The first kappa shape index (κ1) is 17.6. The Morgan fingerprint density at radius 3 is 2.62 bits per heavy atom. The van der Waals surface area contributed by atoms with Crippen molar-refractivity contribution in [1.29, 1.82) is 5.26 Å². The SMILES string of the molecule is CC(C)N(CCCO)CCS(=O)(=O)c1cccc(C#N)c1. The Morgan fingerprint density at radius 2 is 2.05 bits per heavy atom. The third-order valence-electron chi connectivity index (χ3n) is 3.30. The molecule has 0 atom stereocenters. The minimum absolute atomic E-state index is 0.00545. The van der Waals surface area contributed by atoms with Gasteiger partial charge in [0.2, 0.25) is 0 Å². The quantitative estimate of drug-likeness (QED) is 0.785. The molecule has 1 aromatic carbocycles. The Hall–Kier alpha value is -1.42. The van der Waals surface area contributed by atoms with Gasteiger partial charge < -0.3 is 5.11 Å². The highest BCUT2D eigenvalue weighted by molar-refractivity contribution is 7.91. The topological polar surface area (TPSA) is 81.4 Å². The average molecular weight is 310 g/mol. The van der Waals surface area contributed by atoms with E-state index in [2.05, 4.69) is 0 Å². The highest BCUT2D eigenvalue weighted by Crippen LogP contribution is 2.14. The highest BCUT2D eigenvalue weighted by atomic mass is 32.2. The molecule has 0 aliphatic heterocycles. The first-order chi connectivity index (χ1) is 9.90. The number of aliphatic hydroxyl groups excluding tert-OH is 1. The molecule has 0 heterocycles. The second-order valence-electron chi connectivity index (χ2n) is 5.17. The molecular weight excluding hydrogens is 288 g/mol. The van der Waals surface area contributed by atoms with Crippen LogP contribution in [0.3, 0.4) is 0 Å². The van der Waals surface area contributed by atoms with Gasteiger partial charge in [-0.3, -0.25) is 4.90 Å². The predicted octanol–water partition coefficient (Wildman–Crippen LogP) is 1.42. The van der Waals surface area contributed by atoms with Crippen LogP contribution >= 0.6 is 0 Å². The summed E-state index contributed by atoms with van der Waals surface area (Å²) in [5.41, 5.74) is 0.345. The lowest BCUT2D eigenvalue weighted by molar-refractivity contribution is 0.200. The summed E-state index contributed by atoms with van der Waals surface area (Å²) in [5, 5.41) is 17.7. The van der Waals surface area contributed by atoms with Crippen molar-refractivity contribution in [3.8, 4) is 6.07 Å². The number of nitrogens with zero attached hydrogens (tertiary/aromatic N) is 2. The van der Waals surface area contributed by atoms with Crippen LogP contribution in [0, 0.1) is 11.3 Å². The molecule has 6 heteroatoms. The van der Waals surface area contributed by atoms with Gasteiger partial charge in [0.25, 0.3) is 0 Å². The van der Waals surface area contributed by atoms with Gasteiger partial charge >= 0.3 is 0 Å². The molecule has 0 bridgehead atoms. The number of benzene rings is 1. The lowest BCUT2D eigenvalue weighted by Gasteiger charge is -2.26. The molecule has 1 N–H and O–H groups in total. The van der Waals surface area contributed by atoms with Crippen LogP contribution < -0.4 is 0 Å². The molecule has 0 saturated heterocycles. The van der Waals surface area contributed by atoms with E-state index in [0.29, 0.717) is 25.1 Å². The lowest BCUT2D eigenvalue weighted by atomic mass is 10.2. The molecule has 0 aromatic heterocycles.